The van der Waals surface area contributed by atoms with E-state index >= 15 is 0 Å². The molecule has 0 saturated heterocycles. The third-order valence-corrected chi connectivity index (χ3v) is 5.92. The van der Waals surface area contributed by atoms with E-state index in [2.05, 4.69) is 6.92 Å². The van der Waals surface area contributed by atoms with Crippen LogP contribution in [0.1, 0.15) is 64.7 Å². The number of rotatable bonds is 3. The van der Waals surface area contributed by atoms with Gasteiger partial charge in [-0.2, -0.15) is 0 Å². The van der Waals surface area contributed by atoms with Crippen LogP contribution < -0.4 is 0 Å². The van der Waals surface area contributed by atoms with E-state index in [1.165, 1.54) is 51.4 Å². The zero-order chi connectivity index (χ0) is 11.8. The maximum atomic E-state index is 12.0. The summed E-state index contributed by atoms with van der Waals surface area (Å²) in [6, 6.07) is 0. The van der Waals surface area contributed by atoms with E-state index in [0.717, 1.165) is 30.1 Å². The van der Waals surface area contributed by atoms with Crippen molar-refractivity contribution in [3.8, 4) is 0 Å². The molecule has 0 heterocycles. The number of fused-ring (bicyclic) bond motifs is 2. The molecule has 1 nitrogen and oxygen atoms in total. The molecule has 3 fully saturated rings. The minimum atomic E-state index is 0.443. The van der Waals surface area contributed by atoms with Crippen LogP contribution in [0, 0.1) is 29.6 Å². The minimum absolute atomic E-state index is 0.443. The normalized spacial score (nSPS) is 45.5. The molecular weight excluding hydrogens is 208 g/mol. The summed E-state index contributed by atoms with van der Waals surface area (Å²) in [5.74, 6) is 4.82. The van der Waals surface area contributed by atoms with Crippen LogP contribution >= 0.6 is 0 Å². The Bertz CT molecular complexity index is 296. The van der Waals surface area contributed by atoms with Gasteiger partial charge in [0.1, 0.15) is 5.78 Å². The number of Topliss-reactive ketones (excluding diaryl/α,β-unsaturated/α-hetero) is 1. The fourth-order valence-electron chi connectivity index (χ4n) is 4.83. The van der Waals surface area contributed by atoms with Gasteiger partial charge in [-0.3, -0.25) is 4.79 Å². The Kier molecular flexibility index (Phi) is 3.28. The maximum absolute atomic E-state index is 12.0. The molecular formula is C16H26O. The summed E-state index contributed by atoms with van der Waals surface area (Å²) in [5.41, 5.74) is 0. The van der Waals surface area contributed by atoms with E-state index in [1.807, 2.05) is 0 Å². The lowest BCUT2D eigenvalue weighted by atomic mass is 9.73. The zero-order valence-corrected chi connectivity index (χ0v) is 11.2. The van der Waals surface area contributed by atoms with Crippen LogP contribution in [0.25, 0.3) is 0 Å². The molecule has 0 aromatic carbocycles. The Balaban J connectivity index is 1.58. The van der Waals surface area contributed by atoms with E-state index in [1.54, 1.807) is 0 Å². The largest absolute Gasteiger partial charge is 0.299 e. The SMILES string of the molecule is CCC1CCC(=O)C(CC2CC3CCC2C3)C1. The van der Waals surface area contributed by atoms with Crippen LogP contribution in [0.4, 0.5) is 0 Å². The first-order valence-electron chi connectivity index (χ1n) is 7.79. The molecule has 0 N–H and O–H groups in total. The molecule has 0 spiro atoms. The number of hydrogen-bond donors (Lipinski definition) is 0. The fourth-order valence-corrected chi connectivity index (χ4v) is 4.83. The molecule has 17 heavy (non-hydrogen) atoms. The van der Waals surface area contributed by atoms with E-state index in [9.17, 15) is 4.79 Å². The van der Waals surface area contributed by atoms with Gasteiger partial charge in [0, 0.05) is 12.3 Å². The molecule has 5 unspecified atom stereocenters. The van der Waals surface area contributed by atoms with E-state index in [0.29, 0.717) is 11.7 Å². The van der Waals surface area contributed by atoms with Crippen LogP contribution in [0.5, 0.6) is 0 Å². The lowest BCUT2D eigenvalue weighted by Crippen LogP contribution is -2.28. The quantitative estimate of drug-likeness (QED) is 0.715. The van der Waals surface area contributed by atoms with Gasteiger partial charge < -0.3 is 0 Å². The maximum Gasteiger partial charge on any atom is 0.136 e. The van der Waals surface area contributed by atoms with Crippen LogP contribution in [0.2, 0.25) is 0 Å². The van der Waals surface area contributed by atoms with Crippen molar-refractivity contribution in [2.24, 2.45) is 29.6 Å². The first-order chi connectivity index (χ1) is 8.26. The number of hydrogen-bond acceptors (Lipinski definition) is 1. The van der Waals surface area contributed by atoms with E-state index in [4.69, 9.17) is 0 Å². The molecule has 0 aromatic rings. The molecule has 3 rings (SSSR count). The van der Waals surface area contributed by atoms with Crippen molar-refractivity contribution in [3.05, 3.63) is 0 Å². The predicted molar refractivity (Wildman–Crippen MR) is 69.7 cm³/mol. The smallest absolute Gasteiger partial charge is 0.136 e. The van der Waals surface area contributed by atoms with Crippen molar-refractivity contribution >= 4 is 5.78 Å². The summed E-state index contributed by atoms with van der Waals surface area (Å²) in [6.07, 6.45) is 11.7. The monoisotopic (exact) mass is 234 g/mol. The second kappa shape index (κ2) is 4.74. The molecule has 3 aliphatic carbocycles. The molecule has 0 aliphatic heterocycles. The van der Waals surface area contributed by atoms with Gasteiger partial charge in [-0.1, -0.05) is 19.8 Å². The average molecular weight is 234 g/mol. The lowest BCUT2D eigenvalue weighted by Gasteiger charge is -2.31. The molecule has 0 amide bonds. The molecule has 96 valence electrons. The van der Waals surface area contributed by atoms with Gasteiger partial charge in [-0.25, -0.2) is 0 Å². The van der Waals surface area contributed by atoms with Gasteiger partial charge in [-0.15, -0.1) is 0 Å². The highest BCUT2D eigenvalue weighted by molar-refractivity contribution is 5.81. The minimum Gasteiger partial charge on any atom is -0.299 e. The Hall–Kier alpha value is -0.330. The molecule has 2 bridgehead atoms. The van der Waals surface area contributed by atoms with Gasteiger partial charge in [0.05, 0.1) is 0 Å². The second-order valence-electron chi connectivity index (χ2n) is 6.88. The van der Waals surface area contributed by atoms with Gasteiger partial charge in [0.15, 0.2) is 0 Å². The molecule has 5 atom stereocenters. The summed E-state index contributed by atoms with van der Waals surface area (Å²) < 4.78 is 0. The summed E-state index contributed by atoms with van der Waals surface area (Å²) >= 11 is 0. The van der Waals surface area contributed by atoms with Crippen molar-refractivity contribution in [2.75, 3.05) is 0 Å². The van der Waals surface area contributed by atoms with Crippen LogP contribution in [0.15, 0.2) is 0 Å². The van der Waals surface area contributed by atoms with E-state index < -0.39 is 0 Å². The standard InChI is InChI=1S/C16H26O/c1-2-11-4-6-16(17)15(7-11)10-14-9-12-3-5-13(14)8-12/h11-15H,2-10H2,1H3. The van der Waals surface area contributed by atoms with Crippen LogP contribution in [-0.2, 0) is 4.79 Å². The molecule has 3 aliphatic rings. The third kappa shape index (κ3) is 2.30. The lowest BCUT2D eigenvalue weighted by molar-refractivity contribution is -0.126. The second-order valence-corrected chi connectivity index (χ2v) is 6.88. The molecule has 1 heteroatoms. The summed E-state index contributed by atoms with van der Waals surface area (Å²) in [7, 11) is 0. The fraction of sp³-hybridized carbons (Fsp3) is 0.938. The first kappa shape index (κ1) is 11.7. The highest BCUT2D eigenvalue weighted by atomic mass is 16.1. The average Bonchev–Trinajstić information content (AvgIpc) is 2.94. The van der Waals surface area contributed by atoms with Crippen molar-refractivity contribution in [3.63, 3.8) is 0 Å². The topological polar surface area (TPSA) is 17.1 Å². The van der Waals surface area contributed by atoms with Gasteiger partial charge >= 0.3 is 0 Å². The Morgan fingerprint density at radius 3 is 2.65 bits per heavy atom. The van der Waals surface area contributed by atoms with Crippen LogP contribution in [-0.4, -0.2) is 5.78 Å². The Labute approximate surface area is 105 Å². The van der Waals surface area contributed by atoms with Crippen LogP contribution in [0.3, 0.4) is 0 Å². The molecule has 0 aromatic heterocycles. The van der Waals surface area contributed by atoms with Crippen molar-refractivity contribution in [1.82, 2.24) is 0 Å². The first-order valence-corrected chi connectivity index (χ1v) is 7.79. The van der Waals surface area contributed by atoms with Crippen molar-refractivity contribution in [2.45, 2.75) is 64.7 Å². The number of carbonyl (C=O) groups is 1. The number of carbonyl (C=O) groups excluding carboxylic acids is 1. The van der Waals surface area contributed by atoms with E-state index in [-0.39, 0.29) is 0 Å². The predicted octanol–water partition coefficient (Wildman–Crippen LogP) is 4.21. The Morgan fingerprint density at radius 1 is 1.12 bits per heavy atom. The summed E-state index contributed by atoms with van der Waals surface area (Å²) in [4.78, 5) is 12.0. The van der Waals surface area contributed by atoms with Gasteiger partial charge in [0.2, 0.25) is 0 Å². The van der Waals surface area contributed by atoms with Gasteiger partial charge in [0.25, 0.3) is 0 Å². The molecule has 3 saturated carbocycles. The Morgan fingerprint density at radius 2 is 2.00 bits per heavy atom. The number of ketones is 1. The summed E-state index contributed by atoms with van der Waals surface area (Å²) in [6.45, 7) is 2.29. The highest BCUT2D eigenvalue weighted by Crippen LogP contribution is 2.51. The van der Waals surface area contributed by atoms with Gasteiger partial charge in [-0.05, 0) is 62.2 Å². The van der Waals surface area contributed by atoms with Crippen molar-refractivity contribution < 1.29 is 4.79 Å². The zero-order valence-electron chi connectivity index (χ0n) is 11.2. The van der Waals surface area contributed by atoms with Crippen molar-refractivity contribution in [1.29, 1.82) is 0 Å². The highest BCUT2D eigenvalue weighted by Gasteiger charge is 2.41. The summed E-state index contributed by atoms with van der Waals surface area (Å²) in [5, 5.41) is 0. The molecule has 0 radical (unpaired) electrons. The third-order valence-electron chi connectivity index (χ3n) is 5.92.